The van der Waals surface area contributed by atoms with Gasteiger partial charge in [0.15, 0.2) is 0 Å². The standard InChI is InChI=1S/C31H39N3O3/c1-22-18-34(23(2)21-35)31(36)28-17-27(32(3)4)15-16-29(28)37-30(22)20-33(5)19-24-11-13-26(14-12-24)25-9-7-6-8-10-25/h6-17,22-23,30,35H,18-21H2,1-5H3/t22-,23-,30+/m1/s1. The highest BCUT2D eigenvalue weighted by Crippen LogP contribution is 2.31. The number of rotatable bonds is 8. The lowest BCUT2D eigenvalue weighted by atomic mass is 9.99. The largest absolute Gasteiger partial charge is 0.488 e. The molecule has 0 spiro atoms. The third-order valence-electron chi connectivity index (χ3n) is 7.17. The molecule has 1 aliphatic rings. The van der Waals surface area contributed by atoms with E-state index in [1.807, 2.05) is 50.2 Å². The minimum absolute atomic E-state index is 0.0778. The van der Waals surface area contributed by atoms with Crippen molar-refractivity contribution in [1.82, 2.24) is 9.80 Å². The summed E-state index contributed by atoms with van der Waals surface area (Å²) in [5, 5.41) is 9.87. The second-order valence-corrected chi connectivity index (χ2v) is 10.5. The van der Waals surface area contributed by atoms with Gasteiger partial charge >= 0.3 is 0 Å². The highest BCUT2D eigenvalue weighted by molar-refractivity contribution is 5.98. The number of hydrogen-bond acceptors (Lipinski definition) is 5. The topological polar surface area (TPSA) is 56.3 Å². The van der Waals surface area contributed by atoms with Gasteiger partial charge in [0.1, 0.15) is 11.9 Å². The third-order valence-corrected chi connectivity index (χ3v) is 7.17. The molecule has 0 unspecified atom stereocenters. The van der Waals surface area contributed by atoms with Crippen LogP contribution in [0.3, 0.4) is 0 Å². The number of likely N-dealkylation sites (N-methyl/N-ethyl adjacent to an activating group) is 1. The second kappa shape index (κ2) is 11.8. The maximum atomic E-state index is 13.5. The Morgan fingerprint density at radius 2 is 1.68 bits per heavy atom. The number of benzene rings is 3. The van der Waals surface area contributed by atoms with Gasteiger partial charge in [0, 0.05) is 45.3 Å². The quantitative estimate of drug-likeness (QED) is 0.482. The fraction of sp³-hybridized carbons (Fsp3) is 0.387. The van der Waals surface area contributed by atoms with Crippen LogP contribution in [0.25, 0.3) is 11.1 Å². The van der Waals surface area contributed by atoms with Gasteiger partial charge in [-0.05, 0) is 48.9 Å². The van der Waals surface area contributed by atoms with Gasteiger partial charge in [0.05, 0.1) is 18.2 Å². The summed E-state index contributed by atoms with van der Waals surface area (Å²) >= 11 is 0. The van der Waals surface area contributed by atoms with Gasteiger partial charge < -0.3 is 19.6 Å². The predicted octanol–water partition coefficient (Wildman–Crippen LogP) is 4.77. The number of nitrogens with zero attached hydrogens (tertiary/aromatic N) is 3. The molecule has 0 aliphatic carbocycles. The van der Waals surface area contributed by atoms with Crippen molar-refractivity contribution in [3.63, 3.8) is 0 Å². The van der Waals surface area contributed by atoms with Crippen molar-refractivity contribution in [2.24, 2.45) is 5.92 Å². The molecule has 0 saturated heterocycles. The van der Waals surface area contributed by atoms with Crippen LogP contribution < -0.4 is 9.64 Å². The van der Waals surface area contributed by atoms with E-state index in [2.05, 4.69) is 67.4 Å². The first-order valence-electron chi connectivity index (χ1n) is 13.0. The number of fused-ring (bicyclic) bond motifs is 1. The van der Waals surface area contributed by atoms with Gasteiger partial charge in [-0.2, -0.15) is 0 Å². The lowest BCUT2D eigenvalue weighted by molar-refractivity contribution is 0.0341. The fourth-order valence-electron chi connectivity index (χ4n) is 4.82. The summed E-state index contributed by atoms with van der Waals surface area (Å²) in [5.74, 6) is 0.586. The molecule has 0 bridgehead atoms. The molecule has 1 amide bonds. The second-order valence-electron chi connectivity index (χ2n) is 10.5. The molecule has 0 aromatic heterocycles. The van der Waals surface area contributed by atoms with E-state index in [1.165, 1.54) is 16.7 Å². The van der Waals surface area contributed by atoms with Crippen molar-refractivity contribution in [2.75, 3.05) is 45.7 Å². The summed E-state index contributed by atoms with van der Waals surface area (Å²) in [6.07, 6.45) is -0.112. The first kappa shape index (κ1) is 26.7. The first-order valence-corrected chi connectivity index (χ1v) is 13.0. The Hall–Kier alpha value is -3.35. The van der Waals surface area contributed by atoms with Crippen molar-refractivity contribution in [2.45, 2.75) is 32.5 Å². The molecule has 6 nitrogen and oxygen atoms in total. The van der Waals surface area contributed by atoms with E-state index in [-0.39, 0.29) is 30.6 Å². The number of carbonyl (C=O) groups excluding carboxylic acids is 1. The molecular weight excluding hydrogens is 462 g/mol. The third kappa shape index (κ3) is 6.32. The fourth-order valence-corrected chi connectivity index (χ4v) is 4.82. The summed E-state index contributed by atoms with van der Waals surface area (Å²) in [7, 11) is 6.02. The number of aliphatic hydroxyl groups excluding tert-OH is 1. The van der Waals surface area contributed by atoms with Crippen LogP contribution in [-0.4, -0.2) is 73.8 Å². The van der Waals surface area contributed by atoms with Crippen LogP contribution in [0.5, 0.6) is 5.75 Å². The van der Waals surface area contributed by atoms with Gasteiger partial charge in [-0.15, -0.1) is 0 Å². The highest BCUT2D eigenvalue weighted by Gasteiger charge is 2.33. The molecule has 37 heavy (non-hydrogen) atoms. The average Bonchev–Trinajstić information content (AvgIpc) is 2.90. The van der Waals surface area contributed by atoms with Gasteiger partial charge in [-0.25, -0.2) is 0 Å². The summed E-state index contributed by atoms with van der Waals surface area (Å²) in [5.41, 5.74) is 5.14. The minimum atomic E-state index is -0.273. The van der Waals surface area contributed by atoms with Crippen LogP contribution >= 0.6 is 0 Å². The predicted molar refractivity (Wildman–Crippen MR) is 150 cm³/mol. The lowest BCUT2D eigenvalue weighted by Crippen LogP contribution is -2.49. The molecular formula is C31H39N3O3. The van der Waals surface area contributed by atoms with E-state index in [1.54, 1.807) is 4.90 Å². The maximum absolute atomic E-state index is 13.5. The smallest absolute Gasteiger partial charge is 0.258 e. The monoisotopic (exact) mass is 501 g/mol. The molecule has 1 heterocycles. The maximum Gasteiger partial charge on any atom is 0.258 e. The number of anilines is 1. The molecule has 3 aromatic carbocycles. The number of carbonyl (C=O) groups is 1. The molecule has 0 radical (unpaired) electrons. The Balaban J connectivity index is 1.53. The van der Waals surface area contributed by atoms with Crippen LogP contribution in [0.2, 0.25) is 0 Å². The molecule has 1 N–H and O–H groups in total. The molecule has 3 atom stereocenters. The van der Waals surface area contributed by atoms with Gasteiger partial charge in [0.2, 0.25) is 0 Å². The summed E-state index contributed by atoms with van der Waals surface area (Å²) < 4.78 is 6.53. The van der Waals surface area contributed by atoms with Gasteiger partial charge in [-0.3, -0.25) is 9.69 Å². The van der Waals surface area contributed by atoms with Crippen molar-refractivity contribution in [3.05, 3.63) is 83.9 Å². The summed E-state index contributed by atoms with van der Waals surface area (Å²) in [6, 6.07) is 24.6. The Labute approximate surface area is 221 Å². The van der Waals surface area contributed by atoms with Crippen LogP contribution in [0, 0.1) is 5.92 Å². The molecule has 3 aromatic rings. The van der Waals surface area contributed by atoms with E-state index in [4.69, 9.17) is 4.74 Å². The van der Waals surface area contributed by atoms with E-state index >= 15 is 0 Å². The normalized spacial score (nSPS) is 18.6. The van der Waals surface area contributed by atoms with Crippen LogP contribution in [0.15, 0.2) is 72.8 Å². The number of hydrogen-bond donors (Lipinski definition) is 1. The zero-order valence-electron chi connectivity index (χ0n) is 22.6. The number of aliphatic hydroxyl groups is 1. The lowest BCUT2D eigenvalue weighted by Gasteiger charge is -2.38. The molecule has 4 rings (SSSR count). The molecule has 196 valence electrons. The average molecular weight is 502 g/mol. The minimum Gasteiger partial charge on any atom is -0.488 e. The SMILES string of the molecule is C[C@@H]1CN([C@H](C)CO)C(=O)c2cc(N(C)C)ccc2O[C@H]1CN(C)Cc1ccc(-c2ccccc2)cc1. The van der Waals surface area contributed by atoms with Gasteiger partial charge in [0.25, 0.3) is 5.91 Å². The Kier molecular flexibility index (Phi) is 8.52. The van der Waals surface area contributed by atoms with Crippen LogP contribution in [0.4, 0.5) is 5.69 Å². The zero-order chi connectivity index (χ0) is 26.5. The van der Waals surface area contributed by atoms with Crippen LogP contribution in [0.1, 0.15) is 29.8 Å². The van der Waals surface area contributed by atoms with E-state index in [9.17, 15) is 9.90 Å². The van der Waals surface area contributed by atoms with Gasteiger partial charge in [-0.1, -0.05) is 61.5 Å². The number of amides is 1. The molecule has 1 aliphatic heterocycles. The first-order chi connectivity index (χ1) is 17.8. The summed E-state index contributed by atoms with van der Waals surface area (Å²) in [6.45, 7) is 5.97. The van der Waals surface area contributed by atoms with Crippen molar-refractivity contribution in [1.29, 1.82) is 0 Å². The van der Waals surface area contributed by atoms with E-state index in [0.717, 1.165) is 12.2 Å². The highest BCUT2D eigenvalue weighted by atomic mass is 16.5. The number of ether oxygens (including phenoxy) is 1. The zero-order valence-corrected chi connectivity index (χ0v) is 22.6. The Bertz CT molecular complexity index is 1180. The molecule has 0 fully saturated rings. The van der Waals surface area contributed by atoms with E-state index < -0.39 is 0 Å². The Morgan fingerprint density at radius 3 is 2.32 bits per heavy atom. The van der Waals surface area contributed by atoms with E-state index in [0.29, 0.717) is 24.4 Å². The van der Waals surface area contributed by atoms with Crippen molar-refractivity contribution in [3.8, 4) is 16.9 Å². The Morgan fingerprint density at radius 1 is 1.00 bits per heavy atom. The molecule has 6 heteroatoms. The molecule has 0 saturated carbocycles. The van der Waals surface area contributed by atoms with Crippen molar-refractivity contribution >= 4 is 11.6 Å². The van der Waals surface area contributed by atoms with Crippen molar-refractivity contribution < 1.29 is 14.6 Å². The van der Waals surface area contributed by atoms with Crippen LogP contribution in [-0.2, 0) is 6.54 Å². The summed E-state index contributed by atoms with van der Waals surface area (Å²) in [4.78, 5) is 19.6.